The topological polar surface area (TPSA) is 91.0 Å². The summed E-state index contributed by atoms with van der Waals surface area (Å²) in [6, 6.07) is 15.8. The maximum Gasteiger partial charge on any atom is 0.227 e. The summed E-state index contributed by atoms with van der Waals surface area (Å²) in [4.78, 5) is 30.2. The lowest BCUT2D eigenvalue weighted by Crippen LogP contribution is -2.33. The van der Waals surface area contributed by atoms with Crippen molar-refractivity contribution in [1.29, 1.82) is 5.26 Å². The summed E-state index contributed by atoms with van der Waals surface area (Å²) in [5.41, 5.74) is 1.68. The minimum Gasteiger partial charge on any atom is -0.352 e. The fourth-order valence-electron chi connectivity index (χ4n) is 3.08. The van der Waals surface area contributed by atoms with Crippen molar-refractivity contribution in [1.82, 2.24) is 14.9 Å². The second-order valence-electron chi connectivity index (χ2n) is 6.82. The van der Waals surface area contributed by atoms with Crippen LogP contribution in [0.4, 0.5) is 10.1 Å². The molecule has 0 fully saturated rings. The number of imidazole rings is 1. The summed E-state index contributed by atoms with van der Waals surface area (Å²) in [6.07, 6.45) is 4.93. The van der Waals surface area contributed by atoms with Crippen LogP contribution >= 0.6 is 0 Å². The summed E-state index contributed by atoms with van der Waals surface area (Å²) in [5.74, 6) is -0.955. The Labute approximate surface area is 179 Å². The quantitative estimate of drug-likeness (QED) is 0.576. The third kappa shape index (κ3) is 6.00. The first-order chi connectivity index (χ1) is 15.1. The number of amides is 2. The van der Waals surface area contributed by atoms with Crippen molar-refractivity contribution in [3.05, 3.63) is 78.6 Å². The highest BCUT2D eigenvalue weighted by Crippen LogP contribution is 2.16. The fourth-order valence-corrected chi connectivity index (χ4v) is 3.08. The van der Waals surface area contributed by atoms with E-state index in [-0.39, 0.29) is 44.2 Å². The van der Waals surface area contributed by atoms with Crippen LogP contribution in [0.25, 0.3) is 5.69 Å². The average molecular weight is 419 g/mol. The Balaban J connectivity index is 1.52. The lowest BCUT2D eigenvalue weighted by atomic mass is 10.2. The predicted octanol–water partition coefficient (Wildman–Crippen LogP) is 3.35. The van der Waals surface area contributed by atoms with Gasteiger partial charge in [-0.25, -0.2) is 9.37 Å². The molecule has 0 saturated heterocycles. The first-order valence-electron chi connectivity index (χ1n) is 9.84. The Morgan fingerprint density at radius 3 is 2.65 bits per heavy atom. The smallest absolute Gasteiger partial charge is 0.227 e. The zero-order valence-electron chi connectivity index (χ0n) is 16.9. The van der Waals surface area contributed by atoms with Crippen LogP contribution in [0.1, 0.15) is 24.8 Å². The Bertz CT molecular complexity index is 1060. The van der Waals surface area contributed by atoms with Crippen molar-refractivity contribution in [3.8, 4) is 11.8 Å². The monoisotopic (exact) mass is 419 g/mol. The van der Waals surface area contributed by atoms with Crippen molar-refractivity contribution >= 4 is 17.5 Å². The number of benzene rings is 2. The van der Waals surface area contributed by atoms with Crippen molar-refractivity contribution < 1.29 is 14.0 Å². The van der Waals surface area contributed by atoms with Gasteiger partial charge in [0, 0.05) is 44.0 Å². The molecule has 0 bridgehead atoms. The molecule has 0 unspecified atom stereocenters. The number of nitrogens with zero attached hydrogens (tertiary/aromatic N) is 4. The Hall–Kier alpha value is -3.99. The van der Waals surface area contributed by atoms with Gasteiger partial charge in [0.05, 0.1) is 24.5 Å². The number of carbonyl (C=O) groups excluding carboxylic acids is 2. The summed E-state index contributed by atoms with van der Waals surface area (Å²) >= 11 is 0. The molecule has 0 aliphatic carbocycles. The molecule has 3 rings (SSSR count). The zero-order chi connectivity index (χ0) is 22.1. The number of anilines is 1. The number of hydrogen-bond acceptors (Lipinski definition) is 4. The van der Waals surface area contributed by atoms with Gasteiger partial charge in [0.15, 0.2) is 0 Å². The summed E-state index contributed by atoms with van der Waals surface area (Å²) in [6.45, 7) is 0.425. The average Bonchev–Trinajstić information content (AvgIpc) is 3.32. The van der Waals surface area contributed by atoms with Crippen molar-refractivity contribution in [2.75, 3.05) is 11.4 Å². The van der Waals surface area contributed by atoms with Crippen LogP contribution in [0.15, 0.2) is 67.3 Å². The van der Waals surface area contributed by atoms with Crippen LogP contribution in [0, 0.1) is 17.1 Å². The van der Waals surface area contributed by atoms with Crippen LogP contribution in [0.2, 0.25) is 0 Å². The molecule has 1 heterocycles. The lowest BCUT2D eigenvalue weighted by molar-refractivity contribution is -0.125. The van der Waals surface area contributed by atoms with E-state index < -0.39 is 5.82 Å². The molecule has 0 atom stereocenters. The van der Waals surface area contributed by atoms with Gasteiger partial charge in [-0.05, 0) is 29.8 Å². The van der Waals surface area contributed by atoms with Gasteiger partial charge in [0.2, 0.25) is 11.8 Å². The van der Waals surface area contributed by atoms with Gasteiger partial charge < -0.3 is 14.8 Å². The lowest BCUT2D eigenvalue weighted by Gasteiger charge is -2.21. The molecule has 8 heteroatoms. The highest BCUT2D eigenvalue weighted by Gasteiger charge is 2.16. The molecular weight excluding hydrogens is 397 g/mol. The van der Waals surface area contributed by atoms with E-state index in [4.69, 9.17) is 5.26 Å². The molecule has 1 aromatic heterocycles. The third-order valence-electron chi connectivity index (χ3n) is 4.67. The summed E-state index contributed by atoms with van der Waals surface area (Å²) in [5, 5.41) is 11.6. The molecule has 31 heavy (non-hydrogen) atoms. The van der Waals surface area contributed by atoms with Gasteiger partial charge in [0.1, 0.15) is 5.82 Å². The van der Waals surface area contributed by atoms with Gasteiger partial charge in [0.25, 0.3) is 0 Å². The van der Waals surface area contributed by atoms with E-state index in [9.17, 15) is 14.0 Å². The molecular formula is C23H22FN5O2. The molecule has 0 radical (unpaired) electrons. The highest BCUT2D eigenvalue weighted by molar-refractivity contribution is 5.95. The highest BCUT2D eigenvalue weighted by atomic mass is 19.1. The minimum atomic E-state index is -0.420. The summed E-state index contributed by atoms with van der Waals surface area (Å²) < 4.78 is 15.9. The maximum absolute atomic E-state index is 14.3. The van der Waals surface area contributed by atoms with Gasteiger partial charge in [-0.1, -0.05) is 24.3 Å². The predicted molar refractivity (Wildman–Crippen MR) is 114 cm³/mol. The molecule has 0 aliphatic rings. The number of aromatic nitrogens is 2. The number of nitriles is 1. The van der Waals surface area contributed by atoms with Gasteiger partial charge in [-0.3, -0.25) is 9.59 Å². The summed E-state index contributed by atoms with van der Waals surface area (Å²) in [7, 11) is 0. The van der Waals surface area contributed by atoms with Crippen LogP contribution in [0.3, 0.4) is 0 Å². The first-order valence-corrected chi connectivity index (χ1v) is 9.84. The van der Waals surface area contributed by atoms with E-state index in [1.807, 2.05) is 24.3 Å². The molecule has 158 valence electrons. The van der Waals surface area contributed by atoms with Gasteiger partial charge >= 0.3 is 0 Å². The SMILES string of the molecule is N#CCCN(C(=O)CCC(=O)NCc1ccc(-n2ccnc2)c(F)c1)c1ccccc1. The van der Waals surface area contributed by atoms with Crippen LogP contribution in [0.5, 0.6) is 0 Å². The Kier molecular flexibility index (Phi) is 7.49. The van der Waals surface area contributed by atoms with E-state index in [2.05, 4.69) is 10.3 Å². The molecule has 0 spiro atoms. The fraction of sp³-hybridized carbons (Fsp3) is 0.217. The number of hydrogen-bond donors (Lipinski definition) is 1. The van der Waals surface area contributed by atoms with Crippen molar-refractivity contribution in [2.45, 2.75) is 25.8 Å². The number of rotatable bonds is 9. The molecule has 3 aromatic rings. The third-order valence-corrected chi connectivity index (χ3v) is 4.67. The number of para-hydroxylation sites is 1. The Morgan fingerprint density at radius 1 is 1.16 bits per heavy atom. The van der Waals surface area contributed by atoms with E-state index in [1.165, 1.54) is 17.3 Å². The van der Waals surface area contributed by atoms with Crippen LogP contribution in [-0.4, -0.2) is 27.9 Å². The zero-order valence-corrected chi connectivity index (χ0v) is 16.9. The number of carbonyl (C=O) groups is 2. The molecule has 2 amide bonds. The van der Waals surface area contributed by atoms with Crippen molar-refractivity contribution in [3.63, 3.8) is 0 Å². The second kappa shape index (κ2) is 10.7. The number of halogens is 1. The minimum absolute atomic E-state index is 0.00429. The van der Waals surface area contributed by atoms with Gasteiger partial charge in [-0.2, -0.15) is 5.26 Å². The molecule has 1 N–H and O–H groups in total. The van der Waals surface area contributed by atoms with E-state index in [0.717, 1.165) is 0 Å². The largest absolute Gasteiger partial charge is 0.352 e. The normalized spacial score (nSPS) is 10.3. The first kappa shape index (κ1) is 21.7. The molecule has 2 aromatic carbocycles. The molecule has 0 saturated carbocycles. The van der Waals surface area contributed by atoms with Gasteiger partial charge in [-0.15, -0.1) is 0 Å². The molecule has 0 aliphatic heterocycles. The van der Waals surface area contributed by atoms with Crippen LogP contribution in [-0.2, 0) is 16.1 Å². The standard InChI is InChI=1S/C23H22FN5O2/c24-20-15-18(7-8-21(20)28-14-12-26-17-28)16-27-22(30)9-10-23(31)29(13-4-11-25)19-5-2-1-3-6-19/h1-3,5-8,12,14-15,17H,4,9-10,13,16H2,(H,27,30). The van der Waals surface area contributed by atoms with E-state index in [0.29, 0.717) is 16.9 Å². The second-order valence-corrected chi connectivity index (χ2v) is 6.82. The van der Waals surface area contributed by atoms with E-state index in [1.54, 1.807) is 41.2 Å². The number of nitrogens with one attached hydrogen (secondary N) is 1. The van der Waals surface area contributed by atoms with E-state index >= 15 is 0 Å². The van der Waals surface area contributed by atoms with Crippen LogP contribution < -0.4 is 10.2 Å². The molecule has 7 nitrogen and oxygen atoms in total. The van der Waals surface area contributed by atoms with Crippen molar-refractivity contribution in [2.24, 2.45) is 0 Å². The maximum atomic E-state index is 14.3. The Morgan fingerprint density at radius 2 is 1.97 bits per heavy atom.